The molecule has 0 aromatic heterocycles. The van der Waals surface area contributed by atoms with Crippen molar-refractivity contribution in [3.8, 4) is 119 Å². The highest BCUT2D eigenvalue weighted by molar-refractivity contribution is 5.76. The first kappa shape index (κ1) is 42.8. The first-order valence-corrected chi connectivity index (χ1v) is 16.0. The lowest BCUT2D eigenvalue weighted by Crippen LogP contribution is -2.28. The van der Waals surface area contributed by atoms with Crippen LogP contribution in [0.1, 0.15) is 58.3 Å². The smallest absolute Gasteiger partial charge is 0.315 e. The third-order valence-corrected chi connectivity index (χ3v) is 7.13. The van der Waals surface area contributed by atoms with E-state index in [0.29, 0.717) is 32.3 Å². The van der Waals surface area contributed by atoms with Crippen molar-refractivity contribution >= 4 is 23.9 Å². The van der Waals surface area contributed by atoms with Crippen LogP contribution in [0.25, 0.3) is 0 Å². The van der Waals surface area contributed by atoms with Crippen LogP contribution in [-0.4, -0.2) is 44.7 Å². The Morgan fingerprint density at radius 3 is 1.19 bits per heavy atom. The summed E-state index contributed by atoms with van der Waals surface area (Å²) in [5.74, 6) is 45.1. The van der Waals surface area contributed by atoms with Gasteiger partial charge in [0.05, 0.1) is 44.5 Å². The van der Waals surface area contributed by atoms with Crippen molar-refractivity contribution in [3.63, 3.8) is 0 Å². The maximum Gasteiger partial charge on any atom is 0.315 e. The van der Waals surface area contributed by atoms with Gasteiger partial charge in [0.25, 0.3) is 0 Å². The summed E-state index contributed by atoms with van der Waals surface area (Å²) in [6, 6.07) is 0. The van der Waals surface area contributed by atoms with Crippen molar-refractivity contribution in [2.24, 2.45) is 23.7 Å². The maximum absolute atomic E-state index is 12.4. The predicted octanol–water partition coefficient (Wildman–Crippen LogP) is 3.53. The van der Waals surface area contributed by atoms with Crippen molar-refractivity contribution in [3.05, 3.63) is 23.8 Å². The number of allylic oxidation sites excluding steroid dienone is 1. The van der Waals surface area contributed by atoms with Gasteiger partial charge in [-0.25, -0.2) is 0 Å². The molecule has 52 heavy (non-hydrogen) atoms. The van der Waals surface area contributed by atoms with Crippen LogP contribution in [0.15, 0.2) is 23.8 Å². The van der Waals surface area contributed by atoms with Crippen LogP contribution in [0.2, 0.25) is 0 Å². The van der Waals surface area contributed by atoms with E-state index in [2.05, 4.69) is 140 Å². The maximum atomic E-state index is 12.4. The lowest BCUT2D eigenvalue weighted by Gasteiger charge is -2.25. The lowest BCUT2D eigenvalue weighted by molar-refractivity contribution is -0.152. The summed E-state index contributed by atoms with van der Waals surface area (Å²) >= 11 is 0. The molecular formula is C44H34O8. The Morgan fingerprint density at radius 1 is 0.538 bits per heavy atom. The molecule has 0 N–H and O–H groups in total. The number of hydrogen-bond acceptors (Lipinski definition) is 8. The third kappa shape index (κ3) is 18.9. The topological polar surface area (TPSA) is 105 Å². The van der Waals surface area contributed by atoms with E-state index in [1.54, 1.807) is 6.92 Å². The van der Waals surface area contributed by atoms with Crippen LogP contribution in [-0.2, 0) is 38.1 Å². The minimum Gasteiger partial charge on any atom is -0.469 e. The van der Waals surface area contributed by atoms with E-state index in [4.69, 9.17) is 15.9 Å². The third-order valence-electron chi connectivity index (χ3n) is 7.13. The molecule has 258 valence electrons. The van der Waals surface area contributed by atoms with Gasteiger partial charge in [0.2, 0.25) is 5.76 Å². The fourth-order valence-corrected chi connectivity index (χ4v) is 4.66. The largest absolute Gasteiger partial charge is 0.469 e. The summed E-state index contributed by atoms with van der Waals surface area (Å²) < 4.78 is 19.7. The van der Waals surface area contributed by atoms with Crippen LogP contribution in [0.4, 0.5) is 0 Å². The van der Waals surface area contributed by atoms with Gasteiger partial charge >= 0.3 is 23.9 Å². The van der Waals surface area contributed by atoms with Crippen LogP contribution in [0.3, 0.4) is 0 Å². The SMILES string of the molecule is C#CC#CC#CC#CC#CC#CC#CC#CC#CC#CC(=C=C=C)OC(=O)C1CCC(C(=O)OCC)CC1.COC(=O)C1CCC(C(=O)OC)CC1. The molecule has 0 aromatic rings. The van der Waals surface area contributed by atoms with Gasteiger partial charge in [-0.3, -0.25) is 19.2 Å². The standard InChI is InChI=1S/C34H18O4.C10H16O4/c1-4-7-8-9-10-11-12-13-14-15-16-17-18-19-20-21-22-23-25-32(24-5-2)38-34(36)31-28-26-30(27-29-31)33(35)37-6-3;1-13-9(11)7-3-5-8(6-4-7)10(12)14-2/h1,30-31H,2,6,26-29H2,3H3;7-8H,3-6H2,1-2H3. The van der Waals surface area contributed by atoms with E-state index in [1.165, 1.54) is 14.2 Å². The van der Waals surface area contributed by atoms with Gasteiger partial charge < -0.3 is 18.9 Å². The number of methoxy groups -OCH3 is 2. The van der Waals surface area contributed by atoms with E-state index in [0.717, 1.165) is 25.7 Å². The number of carbonyl (C=O) groups is 4. The summed E-state index contributed by atoms with van der Waals surface area (Å²) in [4.78, 5) is 46.6. The zero-order chi connectivity index (χ0) is 38.2. The zero-order valence-electron chi connectivity index (χ0n) is 29.2. The molecule has 0 amide bonds. The Bertz CT molecular complexity index is 2020. The summed E-state index contributed by atoms with van der Waals surface area (Å²) in [6.45, 7) is 5.52. The second kappa shape index (κ2) is 27.7. The quantitative estimate of drug-likeness (QED) is 0.137. The number of esters is 4. The Morgan fingerprint density at radius 2 is 0.865 bits per heavy atom. The van der Waals surface area contributed by atoms with Gasteiger partial charge in [0.15, 0.2) is 0 Å². The summed E-state index contributed by atoms with van der Waals surface area (Å²) in [6.07, 6.45) is 10.1. The molecule has 2 aliphatic rings. The van der Waals surface area contributed by atoms with Gasteiger partial charge in [-0.2, -0.15) is 0 Å². The van der Waals surface area contributed by atoms with Crippen molar-refractivity contribution in [1.29, 1.82) is 0 Å². The predicted molar refractivity (Wildman–Crippen MR) is 193 cm³/mol. The molecule has 0 atom stereocenters. The molecule has 0 aromatic carbocycles. The number of carbonyl (C=O) groups excluding carboxylic acids is 4. The normalized spacial score (nSPS) is 16.6. The van der Waals surface area contributed by atoms with Crippen LogP contribution in [0.5, 0.6) is 0 Å². The minimum absolute atomic E-state index is 0.0269. The van der Waals surface area contributed by atoms with E-state index in [-0.39, 0.29) is 47.3 Å². The highest BCUT2D eigenvalue weighted by Crippen LogP contribution is 2.31. The van der Waals surface area contributed by atoms with E-state index < -0.39 is 5.97 Å². The van der Waals surface area contributed by atoms with Gasteiger partial charge in [-0.1, -0.05) is 5.73 Å². The summed E-state index contributed by atoms with van der Waals surface area (Å²) in [5.41, 5.74) is 4.94. The van der Waals surface area contributed by atoms with Crippen molar-refractivity contribution in [1.82, 2.24) is 0 Å². The zero-order valence-corrected chi connectivity index (χ0v) is 29.2. The summed E-state index contributed by atoms with van der Waals surface area (Å²) in [7, 11) is 2.80. The molecule has 0 heterocycles. The van der Waals surface area contributed by atoms with E-state index in [9.17, 15) is 19.2 Å². The molecule has 0 unspecified atom stereocenters. The second-order valence-electron chi connectivity index (χ2n) is 10.3. The molecule has 0 saturated heterocycles. The molecular weight excluding hydrogens is 656 g/mol. The monoisotopic (exact) mass is 690 g/mol. The molecule has 2 rings (SSSR count). The number of hydrogen-bond donors (Lipinski definition) is 0. The molecule has 2 aliphatic carbocycles. The van der Waals surface area contributed by atoms with Crippen molar-refractivity contribution in [2.75, 3.05) is 20.8 Å². The number of ether oxygens (including phenoxy) is 4. The van der Waals surface area contributed by atoms with E-state index >= 15 is 0 Å². The van der Waals surface area contributed by atoms with Gasteiger partial charge in [0.1, 0.15) is 0 Å². The average molecular weight is 691 g/mol. The first-order valence-electron chi connectivity index (χ1n) is 16.0. The van der Waals surface area contributed by atoms with Crippen molar-refractivity contribution < 1.29 is 38.1 Å². The van der Waals surface area contributed by atoms with Crippen LogP contribution in [0, 0.1) is 143 Å². The van der Waals surface area contributed by atoms with Gasteiger partial charge in [-0.15, -0.1) is 6.42 Å². The molecule has 8 nitrogen and oxygen atoms in total. The fraction of sp³-hybridized carbons (Fsp3) is 0.364. The molecule has 8 heteroatoms. The highest BCUT2D eigenvalue weighted by Gasteiger charge is 2.32. The summed E-state index contributed by atoms with van der Waals surface area (Å²) in [5, 5.41) is 0. The number of terminal acetylenes is 1. The average Bonchev–Trinajstić information content (AvgIpc) is 3.17. The van der Waals surface area contributed by atoms with Gasteiger partial charge in [-0.05, 0) is 171 Å². The van der Waals surface area contributed by atoms with Gasteiger partial charge in [0, 0.05) is 11.8 Å². The van der Waals surface area contributed by atoms with Crippen LogP contribution >= 0.6 is 0 Å². The molecule has 0 aliphatic heterocycles. The Labute approximate surface area is 306 Å². The Balaban J connectivity index is 0.000000802. The highest BCUT2D eigenvalue weighted by atomic mass is 16.5. The molecule has 0 radical (unpaired) electrons. The lowest BCUT2D eigenvalue weighted by atomic mass is 9.82. The molecule has 0 spiro atoms. The second-order valence-corrected chi connectivity index (χ2v) is 10.3. The van der Waals surface area contributed by atoms with Crippen molar-refractivity contribution in [2.45, 2.75) is 58.3 Å². The molecule has 2 fully saturated rings. The molecule has 2 saturated carbocycles. The Kier molecular flexibility index (Phi) is 22.8. The minimum atomic E-state index is -0.445. The first-order chi connectivity index (χ1) is 25.3. The Hall–Kier alpha value is -7.22. The van der Waals surface area contributed by atoms with Crippen LogP contribution < -0.4 is 0 Å². The molecule has 0 bridgehead atoms. The van der Waals surface area contributed by atoms with E-state index in [1.807, 2.05) is 0 Å². The fourth-order valence-electron chi connectivity index (χ4n) is 4.66. The number of rotatable bonds is 6.